The Labute approximate surface area is 204 Å². The second kappa shape index (κ2) is 10.8. The van der Waals surface area contributed by atoms with Crippen LogP contribution in [-0.2, 0) is 4.79 Å². The van der Waals surface area contributed by atoms with Gasteiger partial charge in [-0.15, -0.1) is 10.2 Å². The summed E-state index contributed by atoms with van der Waals surface area (Å²) in [6, 6.07) is 15.7. The van der Waals surface area contributed by atoms with Gasteiger partial charge in [-0.25, -0.2) is 5.43 Å². The molecule has 0 radical (unpaired) electrons. The Balaban J connectivity index is 1.48. The maximum absolute atomic E-state index is 12.4. The number of aromatic hydroxyl groups is 1. The number of hydrogen-bond acceptors (Lipinski definition) is 8. The largest absolute Gasteiger partial charge is 0.504 e. The number of hydrazone groups is 1. The van der Waals surface area contributed by atoms with Gasteiger partial charge >= 0.3 is 0 Å². The van der Waals surface area contributed by atoms with Crippen LogP contribution < -0.4 is 10.2 Å². The van der Waals surface area contributed by atoms with Gasteiger partial charge in [-0.1, -0.05) is 23.4 Å². The molecule has 0 unspecified atom stereocenters. The number of nitrogens with zero attached hydrogens (tertiary/aromatic N) is 5. The Kier molecular flexibility index (Phi) is 7.41. The first-order valence-corrected chi connectivity index (χ1v) is 11.3. The van der Waals surface area contributed by atoms with Gasteiger partial charge in [-0.3, -0.25) is 14.3 Å². The van der Waals surface area contributed by atoms with Crippen molar-refractivity contribution in [1.82, 2.24) is 25.2 Å². The Hall–Kier alpha value is -3.89. The summed E-state index contributed by atoms with van der Waals surface area (Å²) in [5.41, 5.74) is 4.79. The number of phenols is 1. The number of nitrogens with one attached hydrogen (secondary N) is 1. The van der Waals surface area contributed by atoms with Crippen molar-refractivity contribution in [1.29, 1.82) is 0 Å². The van der Waals surface area contributed by atoms with Gasteiger partial charge in [0.05, 0.1) is 19.1 Å². The van der Waals surface area contributed by atoms with Gasteiger partial charge in [0.15, 0.2) is 22.5 Å². The van der Waals surface area contributed by atoms with Crippen molar-refractivity contribution in [2.75, 3.05) is 12.9 Å². The molecule has 0 spiro atoms. The molecule has 2 N–H and O–H groups in total. The number of methoxy groups -OCH3 is 1. The molecule has 2 heterocycles. The zero-order valence-corrected chi connectivity index (χ0v) is 19.5. The number of amides is 1. The van der Waals surface area contributed by atoms with Crippen LogP contribution in [0.3, 0.4) is 0 Å². The van der Waals surface area contributed by atoms with Gasteiger partial charge in [0, 0.05) is 28.7 Å². The molecule has 0 saturated heterocycles. The summed E-state index contributed by atoms with van der Waals surface area (Å²) in [5, 5.41) is 23.4. The van der Waals surface area contributed by atoms with Crippen LogP contribution >= 0.6 is 23.4 Å². The second-order valence-electron chi connectivity index (χ2n) is 6.87. The minimum atomic E-state index is -0.317. The predicted molar refractivity (Wildman–Crippen MR) is 131 cm³/mol. The van der Waals surface area contributed by atoms with Crippen molar-refractivity contribution in [3.05, 3.63) is 77.6 Å². The topological polar surface area (TPSA) is 115 Å². The molecule has 11 heteroatoms. The highest BCUT2D eigenvalue weighted by Crippen LogP contribution is 2.28. The molecule has 0 aliphatic carbocycles. The second-order valence-corrected chi connectivity index (χ2v) is 8.25. The van der Waals surface area contributed by atoms with Gasteiger partial charge in [0.2, 0.25) is 0 Å². The number of phenolic OH excluding ortho intramolecular Hbond substituents is 1. The molecule has 0 bridgehead atoms. The lowest BCUT2D eigenvalue weighted by molar-refractivity contribution is -0.118. The fraction of sp³-hybridized carbons (Fsp3) is 0.0870. The van der Waals surface area contributed by atoms with Crippen LogP contribution in [0.1, 0.15) is 5.56 Å². The Morgan fingerprint density at radius 1 is 1.18 bits per heavy atom. The maximum atomic E-state index is 12.4. The number of thioether (sulfide) groups is 1. The molecule has 172 valence electrons. The van der Waals surface area contributed by atoms with Crippen molar-refractivity contribution in [2.24, 2.45) is 5.10 Å². The molecular formula is C23H19ClN6O3S. The lowest BCUT2D eigenvalue weighted by atomic mass is 10.2. The SMILES string of the molecule is COc1cc(/C=N/NC(=O)CSc2nnc(-c3ccncc3)n2-c2ccc(Cl)cc2)ccc1O. The van der Waals surface area contributed by atoms with E-state index in [0.717, 1.165) is 11.3 Å². The first-order chi connectivity index (χ1) is 16.5. The monoisotopic (exact) mass is 494 g/mol. The molecular weight excluding hydrogens is 476 g/mol. The lowest BCUT2D eigenvalue weighted by Gasteiger charge is -2.10. The fourth-order valence-corrected chi connectivity index (χ4v) is 3.86. The first kappa shape index (κ1) is 23.3. The van der Waals surface area contributed by atoms with E-state index in [-0.39, 0.29) is 17.4 Å². The Bertz CT molecular complexity index is 1310. The van der Waals surface area contributed by atoms with E-state index in [9.17, 15) is 9.90 Å². The summed E-state index contributed by atoms with van der Waals surface area (Å²) in [6.45, 7) is 0. The van der Waals surface area contributed by atoms with E-state index in [4.69, 9.17) is 16.3 Å². The third-order valence-corrected chi connectivity index (χ3v) is 5.78. The standard InChI is InChI=1S/C23H19ClN6O3S/c1-33-20-12-15(2-7-19(20)31)13-26-27-21(32)14-34-23-29-28-22(16-8-10-25-11-9-16)30(23)18-5-3-17(24)4-6-18/h2-13,31H,14H2,1H3,(H,27,32)/b26-13+. The number of aromatic nitrogens is 4. The van der Waals surface area contributed by atoms with E-state index in [2.05, 4.69) is 25.7 Å². The molecule has 9 nitrogen and oxygen atoms in total. The van der Waals surface area contributed by atoms with Crippen LogP contribution in [-0.4, -0.2) is 49.8 Å². The van der Waals surface area contributed by atoms with Crippen LogP contribution in [0.4, 0.5) is 0 Å². The van der Waals surface area contributed by atoms with Gasteiger partial charge < -0.3 is 9.84 Å². The lowest BCUT2D eigenvalue weighted by Crippen LogP contribution is -2.20. The highest BCUT2D eigenvalue weighted by Gasteiger charge is 2.17. The van der Waals surface area contributed by atoms with Crippen LogP contribution in [0.2, 0.25) is 5.02 Å². The highest BCUT2D eigenvalue weighted by atomic mass is 35.5. The van der Waals surface area contributed by atoms with Crippen LogP contribution in [0.15, 0.2) is 77.2 Å². The van der Waals surface area contributed by atoms with Gasteiger partial charge in [0.25, 0.3) is 5.91 Å². The van der Waals surface area contributed by atoms with Gasteiger partial charge in [-0.05, 0) is 60.2 Å². The number of carbonyl (C=O) groups excluding carboxylic acids is 1. The number of carbonyl (C=O) groups is 1. The number of rotatable bonds is 8. The molecule has 0 aliphatic heterocycles. The molecule has 4 rings (SSSR count). The molecule has 0 atom stereocenters. The highest BCUT2D eigenvalue weighted by molar-refractivity contribution is 7.99. The first-order valence-electron chi connectivity index (χ1n) is 9.98. The van der Waals surface area contributed by atoms with E-state index in [1.165, 1.54) is 31.2 Å². The maximum Gasteiger partial charge on any atom is 0.250 e. The summed E-state index contributed by atoms with van der Waals surface area (Å²) in [6.07, 6.45) is 4.82. The van der Waals surface area contributed by atoms with Gasteiger partial charge in [0.1, 0.15) is 0 Å². The summed E-state index contributed by atoms with van der Waals surface area (Å²) in [7, 11) is 1.46. The van der Waals surface area contributed by atoms with Crippen molar-refractivity contribution < 1.29 is 14.6 Å². The molecule has 4 aromatic rings. The van der Waals surface area contributed by atoms with Crippen molar-refractivity contribution in [3.63, 3.8) is 0 Å². The smallest absolute Gasteiger partial charge is 0.250 e. The van der Waals surface area contributed by atoms with Crippen molar-refractivity contribution in [2.45, 2.75) is 5.16 Å². The molecule has 2 aromatic heterocycles. The third-order valence-electron chi connectivity index (χ3n) is 4.60. The quantitative estimate of drug-likeness (QED) is 0.216. The molecule has 2 aromatic carbocycles. The van der Waals surface area contributed by atoms with Gasteiger partial charge in [-0.2, -0.15) is 5.10 Å². The van der Waals surface area contributed by atoms with E-state index in [1.807, 2.05) is 28.8 Å². The molecule has 0 aliphatic rings. The molecule has 1 amide bonds. The zero-order valence-electron chi connectivity index (χ0n) is 17.9. The molecule has 0 fully saturated rings. The minimum Gasteiger partial charge on any atom is -0.504 e. The van der Waals surface area contributed by atoms with Crippen LogP contribution in [0.25, 0.3) is 17.1 Å². The number of halogens is 1. The van der Waals surface area contributed by atoms with Crippen LogP contribution in [0.5, 0.6) is 11.5 Å². The summed E-state index contributed by atoms with van der Waals surface area (Å²) in [4.78, 5) is 16.4. The zero-order chi connectivity index (χ0) is 23.9. The van der Waals surface area contributed by atoms with E-state index in [1.54, 1.807) is 36.7 Å². The number of hydrogen-bond donors (Lipinski definition) is 2. The molecule has 34 heavy (non-hydrogen) atoms. The average Bonchev–Trinajstić information content (AvgIpc) is 3.29. The third kappa shape index (κ3) is 5.53. The van der Waals surface area contributed by atoms with E-state index >= 15 is 0 Å². The number of pyridine rings is 1. The molecule has 0 saturated carbocycles. The van der Waals surface area contributed by atoms with Crippen molar-refractivity contribution in [3.8, 4) is 28.6 Å². The fourth-order valence-electron chi connectivity index (χ4n) is 2.99. The van der Waals surface area contributed by atoms with E-state index < -0.39 is 0 Å². The Morgan fingerprint density at radius 2 is 1.94 bits per heavy atom. The predicted octanol–water partition coefficient (Wildman–Crippen LogP) is 3.94. The summed E-state index contributed by atoms with van der Waals surface area (Å²) < 4.78 is 6.92. The number of benzene rings is 2. The van der Waals surface area contributed by atoms with Crippen molar-refractivity contribution >= 4 is 35.5 Å². The number of ether oxygens (including phenoxy) is 1. The van der Waals surface area contributed by atoms with Crippen LogP contribution in [0, 0.1) is 0 Å². The van der Waals surface area contributed by atoms with E-state index in [0.29, 0.717) is 27.3 Å². The minimum absolute atomic E-state index is 0.0241. The average molecular weight is 495 g/mol. The Morgan fingerprint density at radius 3 is 2.68 bits per heavy atom. The normalized spacial score (nSPS) is 11.0. The summed E-state index contributed by atoms with van der Waals surface area (Å²) >= 11 is 7.28. The summed E-state index contributed by atoms with van der Waals surface area (Å²) in [5.74, 6) is 0.710.